The molecule has 7 unspecified atom stereocenters. The highest BCUT2D eigenvalue weighted by Crippen LogP contribution is 2.67. The number of carbonyl (C=O) groups is 1. The Morgan fingerprint density at radius 3 is 2.70 bits per heavy atom. The molecule has 0 aromatic carbocycles. The lowest BCUT2D eigenvalue weighted by molar-refractivity contribution is -0.145. The van der Waals surface area contributed by atoms with E-state index in [9.17, 15) is 9.90 Å². The van der Waals surface area contributed by atoms with Gasteiger partial charge in [-0.3, -0.25) is 4.79 Å². The molecule has 0 saturated heterocycles. The van der Waals surface area contributed by atoms with Crippen molar-refractivity contribution in [3.63, 3.8) is 0 Å². The fourth-order valence-corrected chi connectivity index (χ4v) is 7.77. The Kier molecular flexibility index (Phi) is 3.91. The number of aliphatic hydroxyl groups excluding tert-OH is 1. The van der Waals surface area contributed by atoms with Gasteiger partial charge in [0.2, 0.25) is 0 Å². The second-order valence-electron chi connectivity index (χ2n) is 9.51. The van der Waals surface area contributed by atoms with E-state index in [1.807, 2.05) is 0 Å². The minimum atomic E-state index is -0.0492. The number of aliphatic hydroxyl groups is 1. The van der Waals surface area contributed by atoms with Crippen molar-refractivity contribution in [1.29, 1.82) is 0 Å². The third-order valence-corrected chi connectivity index (χ3v) is 8.87. The van der Waals surface area contributed by atoms with Crippen LogP contribution in [0.1, 0.15) is 84.5 Å². The second kappa shape index (κ2) is 5.58. The van der Waals surface area contributed by atoms with Crippen molar-refractivity contribution in [2.75, 3.05) is 0 Å². The fraction of sp³-hybridized carbons (Fsp3) is 0.952. The van der Waals surface area contributed by atoms with Crippen molar-refractivity contribution in [2.24, 2.45) is 34.5 Å². The first-order chi connectivity index (χ1) is 11.0. The first kappa shape index (κ1) is 16.1. The minimum Gasteiger partial charge on any atom is -0.393 e. The number of Topliss-reactive ketones (excluding diaryl/α,β-unsaturated/α-hetero) is 1. The standard InChI is InChI=1S/C21H34O2/c1-3-10-21-12-9-17-16(18(21)6-7-19(21)23)5-4-14-13-15(22)8-11-20(14,17)2/h14,16-19,23H,3-13H2,1-2H3. The molecular weight excluding hydrogens is 284 g/mol. The maximum atomic E-state index is 11.9. The molecule has 0 aromatic heterocycles. The number of hydrogen-bond donors (Lipinski definition) is 1. The molecule has 0 radical (unpaired) electrons. The zero-order valence-electron chi connectivity index (χ0n) is 15.0. The number of fused-ring (bicyclic) bond motifs is 5. The number of hydrogen-bond acceptors (Lipinski definition) is 2. The molecule has 1 N–H and O–H groups in total. The van der Waals surface area contributed by atoms with Gasteiger partial charge in [0.1, 0.15) is 5.78 Å². The highest BCUT2D eigenvalue weighted by atomic mass is 16.3. The predicted molar refractivity (Wildman–Crippen MR) is 92.0 cm³/mol. The van der Waals surface area contributed by atoms with E-state index in [1.165, 1.54) is 44.9 Å². The number of carbonyl (C=O) groups excluding carboxylic acids is 1. The van der Waals surface area contributed by atoms with Gasteiger partial charge in [0, 0.05) is 12.8 Å². The molecule has 7 atom stereocenters. The lowest BCUT2D eigenvalue weighted by Gasteiger charge is -2.60. The third-order valence-electron chi connectivity index (χ3n) is 8.87. The number of ketones is 1. The zero-order chi connectivity index (χ0) is 16.2. The fourth-order valence-electron chi connectivity index (χ4n) is 7.77. The molecule has 0 spiro atoms. The number of rotatable bonds is 2. The Balaban J connectivity index is 1.63. The van der Waals surface area contributed by atoms with Gasteiger partial charge < -0.3 is 5.11 Å². The van der Waals surface area contributed by atoms with Gasteiger partial charge in [-0.2, -0.15) is 0 Å². The monoisotopic (exact) mass is 318 g/mol. The average molecular weight is 319 g/mol. The normalized spacial score (nSPS) is 52.7. The molecule has 4 fully saturated rings. The van der Waals surface area contributed by atoms with E-state index in [-0.39, 0.29) is 11.5 Å². The van der Waals surface area contributed by atoms with E-state index in [4.69, 9.17) is 0 Å². The maximum absolute atomic E-state index is 11.9. The quantitative estimate of drug-likeness (QED) is 0.798. The molecule has 4 rings (SSSR count). The Labute approximate surface area is 141 Å². The van der Waals surface area contributed by atoms with Crippen LogP contribution in [0.5, 0.6) is 0 Å². The van der Waals surface area contributed by atoms with E-state index < -0.39 is 0 Å². The van der Waals surface area contributed by atoms with Crippen molar-refractivity contribution in [2.45, 2.75) is 90.6 Å². The molecule has 4 saturated carbocycles. The topological polar surface area (TPSA) is 37.3 Å². The lowest BCUT2D eigenvalue weighted by Crippen LogP contribution is -2.54. The molecule has 23 heavy (non-hydrogen) atoms. The summed E-state index contributed by atoms with van der Waals surface area (Å²) in [6.45, 7) is 4.80. The van der Waals surface area contributed by atoms with Crippen LogP contribution in [0.15, 0.2) is 0 Å². The van der Waals surface area contributed by atoms with Crippen LogP contribution in [-0.4, -0.2) is 17.0 Å². The van der Waals surface area contributed by atoms with Gasteiger partial charge in [0.15, 0.2) is 0 Å². The molecule has 0 aromatic rings. The van der Waals surface area contributed by atoms with E-state index in [0.29, 0.717) is 17.1 Å². The van der Waals surface area contributed by atoms with Gasteiger partial charge >= 0.3 is 0 Å². The lowest BCUT2D eigenvalue weighted by atomic mass is 9.44. The Morgan fingerprint density at radius 2 is 1.91 bits per heavy atom. The minimum absolute atomic E-state index is 0.0492. The van der Waals surface area contributed by atoms with Crippen LogP contribution in [0.3, 0.4) is 0 Å². The van der Waals surface area contributed by atoms with Crippen molar-refractivity contribution < 1.29 is 9.90 Å². The summed E-state index contributed by atoms with van der Waals surface area (Å²) < 4.78 is 0. The van der Waals surface area contributed by atoms with Crippen LogP contribution in [0, 0.1) is 34.5 Å². The van der Waals surface area contributed by atoms with Gasteiger partial charge in [0.05, 0.1) is 6.10 Å². The van der Waals surface area contributed by atoms with Gasteiger partial charge in [-0.25, -0.2) is 0 Å². The Hall–Kier alpha value is -0.370. The van der Waals surface area contributed by atoms with Gasteiger partial charge in [-0.05, 0) is 85.9 Å². The molecular formula is C21H34O2. The van der Waals surface area contributed by atoms with E-state index in [1.54, 1.807) is 0 Å². The third kappa shape index (κ3) is 2.19. The van der Waals surface area contributed by atoms with Crippen LogP contribution < -0.4 is 0 Å². The SMILES string of the molecule is CCCC12CCC3C(CCC4CC(=O)CCC43C)C1CCC2O. The maximum Gasteiger partial charge on any atom is 0.133 e. The highest BCUT2D eigenvalue weighted by molar-refractivity contribution is 5.79. The second-order valence-corrected chi connectivity index (χ2v) is 9.51. The molecule has 130 valence electrons. The average Bonchev–Trinajstić information content (AvgIpc) is 2.86. The smallest absolute Gasteiger partial charge is 0.133 e. The Bertz CT molecular complexity index is 486. The molecule has 4 aliphatic carbocycles. The zero-order valence-corrected chi connectivity index (χ0v) is 15.0. The summed E-state index contributed by atoms with van der Waals surface area (Å²) in [4.78, 5) is 11.9. The van der Waals surface area contributed by atoms with Crippen molar-refractivity contribution >= 4 is 5.78 Å². The van der Waals surface area contributed by atoms with E-state index in [0.717, 1.165) is 43.4 Å². The predicted octanol–water partition coefficient (Wildman–Crippen LogP) is 4.74. The summed E-state index contributed by atoms with van der Waals surface area (Å²) in [5.41, 5.74) is 0.645. The summed E-state index contributed by atoms with van der Waals surface area (Å²) in [5, 5.41) is 10.8. The first-order valence-corrected chi connectivity index (χ1v) is 10.2. The summed E-state index contributed by atoms with van der Waals surface area (Å²) >= 11 is 0. The summed E-state index contributed by atoms with van der Waals surface area (Å²) in [7, 11) is 0. The van der Waals surface area contributed by atoms with Crippen LogP contribution in [0.2, 0.25) is 0 Å². The van der Waals surface area contributed by atoms with Crippen LogP contribution >= 0.6 is 0 Å². The van der Waals surface area contributed by atoms with E-state index in [2.05, 4.69) is 13.8 Å². The molecule has 4 aliphatic rings. The van der Waals surface area contributed by atoms with Gasteiger partial charge in [0.25, 0.3) is 0 Å². The first-order valence-electron chi connectivity index (χ1n) is 10.2. The van der Waals surface area contributed by atoms with Crippen LogP contribution in [-0.2, 0) is 4.79 Å². The molecule has 0 bridgehead atoms. The Morgan fingerprint density at radius 1 is 1.09 bits per heavy atom. The van der Waals surface area contributed by atoms with Crippen molar-refractivity contribution in [1.82, 2.24) is 0 Å². The summed E-state index contributed by atoms with van der Waals surface area (Å²) in [6.07, 6.45) is 12.6. The van der Waals surface area contributed by atoms with Crippen LogP contribution in [0.25, 0.3) is 0 Å². The molecule has 0 amide bonds. The molecule has 0 aliphatic heterocycles. The highest BCUT2D eigenvalue weighted by Gasteiger charge is 2.61. The molecule has 0 heterocycles. The molecule has 2 heteroatoms. The van der Waals surface area contributed by atoms with Gasteiger partial charge in [-0.15, -0.1) is 0 Å². The van der Waals surface area contributed by atoms with Crippen LogP contribution in [0.4, 0.5) is 0 Å². The van der Waals surface area contributed by atoms with Crippen molar-refractivity contribution in [3.8, 4) is 0 Å². The van der Waals surface area contributed by atoms with Gasteiger partial charge in [-0.1, -0.05) is 20.3 Å². The molecule has 2 nitrogen and oxygen atoms in total. The summed E-state index contributed by atoms with van der Waals surface area (Å²) in [5.74, 6) is 3.55. The van der Waals surface area contributed by atoms with Crippen molar-refractivity contribution in [3.05, 3.63) is 0 Å². The summed E-state index contributed by atoms with van der Waals surface area (Å²) in [6, 6.07) is 0. The van der Waals surface area contributed by atoms with E-state index >= 15 is 0 Å². The largest absolute Gasteiger partial charge is 0.393 e.